The van der Waals surface area contributed by atoms with Crippen LogP contribution in [-0.2, 0) is 24.9 Å². The molecule has 0 fully saturated rings. The molecule has 1 aromatic carbocycles. The standard InChI is InChI=1S/C19H20N6O3/c1-11-12(2)25-15-16(22(3)19(28)24(17(15)27)10-14(20)26)21-18(25)23(11)9-13-7-5-4-6-8-13/h4-8H,9-10H2,1-3H3,(H2,20,26). The van der Waals surface area contributed by atoms with Crippen LogP contribution in [0.15, 0.2) is 39.9 Å². The number of fused-ring (bicyclic) bond motifs is 3. The van der Waals surface area contributed by atoms with E-state index in [2.05, 4.69) is 4.98 Å². The molecule has 3 aromatic heterocycles. The van der Waals surface area contributed by atoms with Crippen LogP contribution < -0.4 is 17.0 Å². The molecule has 144 valence electrons. The molecule has 0 aliphatic carbocycles. The minimum atomic E-state index is -0.756. The Hall–Kier alpha value is -3.62. The maximum atomic E-state index is 13.0. The minimum absolute atomic E-state index is 0.255. The molecule has 0 unspecified atom stereocenters. The number of hydrogen-bond donors (Lipinski definition) is 1. The molecule has 1 amide bonds. The molecule has 9 nitrogen and oxygen atoms in total. The summed E-state index contributed by atoms with van der Waals surface area (Å²) >= 11 is 0. The van der Waals surface area contributed by atoms with Crippen molar-refractivity contribution < 1.29 is 4.79 Å². The zero-order valence-electron chi connectivity index (χ0n) is 15.8. The van der Waals surface area contributed by atoms with E-state index in [4.69, 9.17) is 5.73 Å². The summed E-state index contributed by atoms with van der Waals surface area (Å²) in [6.45, 7) is 3.96. The van der Waals surface area contributed by atoms with Crippen molar-refractivity contribution in [2.45, 2.75) is 26.9 Å². The molecule has 28 heavy (non-hydrogen) atoms. The third kappa shape index (κ3) is 2.47. The van der Waals surface area contributed by atoms with Crippen LogP contribution in [0.5, 0.6) is 0 Å². The number of aromatic nitrogens is 5. The Labute approximate surface area is 159 Å². The lowest BCUT2D eigenvalue weighted by Crippen LogP contribution is -2.42. The van der Waals surface area contributed by atoms with E-state index in [9.17, 15) is 14.4 Å². The zero-order valence-corrected chi connectivity index (χ0v) is 15.8. The Morgan fingerprint density at radius 2 is 1.75 bits per heavy atom. The number of nitrogens with two attached hydrogens (primary N) is 1. The molecule has 3 heterocycles. The average Bonchev–Trinajstić information content (AvgIpc) is 3.16. The van der Waals surface area contributed by atoms with Gasteiger partial charge in [-0.15, -0.1) is 0 Å². The van der Waals surface area contributed by atoms with Crippen molar-refractivity contribution in [3.63, 3.8) is 0 Å². The molecule has 0 radical (unpaired) electrons. The van der Waals surface area contributed by atoms with Gasteiger partial charge in [0.2, 0.25) is 11.7 Å². The fourth-order valence-electron chi connectivity index (χ4n) is 3.57. The number of rotatable bonds is 4. The highest BCUT2D eigenvalue weighted by Gasteiger charge is 2.23. The van der Waals surface area contributed by atoms with Crippen LogP contribution in [0.2, 0.25) is 0 Å². The van der Waals surface area contributed by atoms with Crippen molar-refractivity contribution >= 4 is 22.8 Å². The van der Waals surface area contributed by atoms with E-state index >= 15 is 0 Å². The van der Waals surface area contributed by atoms with E-state index < -0.39 is 23.7 Å². The number of benzene rings is 1. The first-order chi connectivity index (χ1) is 13.3. The average molecular weight is 380 g/mol. The van der Waals surface area contributed by atoms with E-state index in [1.54, 1.807) is 4.40 Å². The fraction of sp³-hybridized carbons (Fsp3) is 0.263. The number of amides is 1. The summed E-state index contributed by atoms with van der Waals surface area (Å²) in [4.78, 5) is 41.5. The van der Waals surface area contributed by atoms with Gasteiger partial charge >= 0.3 is 5.69 Å². The van der Waals surface area contributed by atoms with Gasteiger partial charge in [0.05, 0.1) is 6.54 Å². The summed E-state index contributed by atoms with van der Waals surface area (Å²) in [5.41, 5.74) is 7.44. The van der Waals surface area contributed by atoms with Crippen LogP contribution in [0.1, 0.15) is 17.0 Å². The third-order valence-corrected chi connectivity index (χ3v) is 5.13. The zero-order chi connectivity index (χ0) is 20.2. The van der Waals surface area contributed by atoms with Crippen LogP contribution in [0, 0.1) is 13.8 Å². The number of hydrogen-bond acceptors (Lipinski definition) is 4. The van der Waals surface area contributed by atoms with Crippen molar-refractivity contribution in [1.29, 1.82) is 0 Å². The van der Waals surface area contributed by atoms with E-state index in [-0.39, 0.29) is 11.2 Å². The van der Waals surface area contributed by atoms with Gasteiger partial charge in [0, 0.05) is 18.4 Å². The summed E-state index contributed by atoms with van der Waals surface area (Å²) in [6.07, 6.45) is 0. The summed E-state index contributed by atoms with van der Waals surface area (Å²) in [5.74, 6) is -0.188. The van der Waals surface area contributed by atoms with Gasteiger partial charge in [-0.3, -0.25) is 18.6 Å². The third-order valence-electron chi connectivity index (χ3n) is 5.13. The lowest BCUT2D eigenvalue weighted by atomic mass is 10.2. The lowest BCUT2D eigenvalue weighted by molar-refractivity contribution is -0.118. The van der Waals surface area contributed by atoms with E-state index in [1.165, 1.54) is 11.6 Å². The van der Waals surface area contributed by atoms with Crippen molar-refractivity contribution in [2.75, 3.05) is 0 Å². The van der Waals surface area contributed by atoms with E-state index in [1.807, 2.05) is 48.7 Å². The van der Waals surface area contributed by atoms with Crippen molar-refractivity contribution in [3.8, 4) is 0 Å². The number of primary amides is 1. The van der Waals surface area contributed by atoms with Gasteiger partial charge in [0.15, 0.2) is 11.2 Å². The quantitative estimate of drug-likeness (QED) is 0.549. The molecule has 0 atom stereocenters. The summed E-state index contributed by atoms with van der Waals surface area (Å²) in [6, 6.07) is 9.92. The second-order valence-electron chi connectivity index (χ2n) is 6.86. The Bertz CT molecular complexity index is 1350. The topological polar surface area (TPSA) is 109 Å². The summed E-state index contributed by atoms with van der Waals surface area (Å²) < 4.78 is 5.87. The normalized spacial score (nSPS) is 11.5. The Morgan fingerprint density at radius 1 is 1.07 bits per heavy atom. The predicted octanol–water partition coefficient (Wildman–Crippen LogP) is 0.300. The molecule has 0 saturated heterocycles. The highest BCUT2D eigenvalue weighted by atomic mass is 16.2. The fourth-order valence-corrected chi connectivity index (χ4v) is 3.57. The van der Waals surface area contributed by atoms with Gasteiger partial charge in [-0.05, 0) is 19.4 Å². The Kier molecular flexibility index (Phi) is 3.95. The first kappa shape index (κ1) is 17.8. The maximum absolute atomic E-state index is 13.0. The molecule has 0 aliphatic heterocycles. The van der Waals surface area contributed by atoms with Gasteiger partial charge in [-0.25, -0.2) is 9.36 Å². The second kappa shape index (κ2) is 6.22. The van der Waals surface area contributed by atoms with Crippen LogP contribution >= 0.6 is 0 Å². The molecule has 4 aromatic rings. The molecule has 4 rings (SSSR count). The molecule has 9 heteroatoms. The van der Waals surface area contributed by atoms with Crippen LogP contribution in [0.4, 0.5) is 0 Å². The monoisotopic (exact) mass is 380 g/mol. The highest BCUT2D eigenvalue weighted by molar-refractivity contribution is 5.78. The molecular weight excluding hydrogens is 360 g/mol. The van der Waals surface area contributed by atoms with Crippen molar-refractivity contribution in [2.24, 2.45) is 12.8 Å². The molecule has 2 N–H and O–H groups in total. The van der Waals surface area contributed by atoms with Crippen LogP contribution in [0.25, 0.3) is 16.9 Å². The summed E-state index contributed by atoms with van der Waals surface area (Å²) in [7, 11) is 1.53. The van der Waals surface area contributed by atoms with E-state index in [0.29, 0.717) is 12.3 Å². The van der Waals surface area contributed by atoms with Gasteiger partial charge in [0.25, 0.3) is 5.56 Å². The maximum Gasteiger partial charge on any atom is 0.332 e. The smallest absolute Gasteiger partial charge is 0.332 e. The highest BCUT2D eigenvalue weighted by Crippen LogP contribution is 2.21. The minimum Gasteiger partial charge on any atom is -0.368 e. The Morgan fingerprint density at radius 3 is 2.39 bits per heavy atom. The number of carbonyl (C=O) groups is 1. The van der Waals surface area contributed by atoms with Crippen molar-refractivity contribution in [1.82, 2.24) is 23.1 Å². The number of carbonyl (C=O) groups excluding carboxylic acids is 1. The largest absolute Gasteiger partial charge is 0.368 e. The van der Waals surface area contributed by atoms with Crippen molar-refractivity contribution in [3.05, 3.63) is 68.1 Å². The molecule has 0 aliphatic rings. The molecule has 0 bridgehead atoms. The van der Waals surface area contributed by atoms with Gasteiger partial charge < -0.3 is 10.3 Å². The lowest BCUT2D eigenvalue weighted by Gasteiger charge is -2.07. The number of imidazole rings is 2. The SMILES string of the molecule is Cc1c(C)n2c3c(=O)n(CC(N)=O)c(=O)n(C)c3nc2n1Cc1ccccc1. The molecule has 0 saturated carbocycles. The van der Waals surface area contributed by atoms with Gasteiger partial charge in [-0.2, -0.15) is 4.98 Å². The number of nitrogens with zero attached hydrogens (tertiary/aromatic N) is 5. The molecular formula is C19H20N6O3. The van der Waals surface area contributed by atoms with Gasteiger partial charge in [-0.1, -0.05) is 30.3 Å². The second-order valence-corrected chi connectivity index (χ2v) is 6.86. The van der Waals surface area contributed by atoms with E-state index in [0.717, 1.165) is 21.5 Å². The molecule has 0 spiro atoms. The number of aryl methyl sites for hydroxylation is 2. The van der Waals surface area contributed by atoms with Crippen LogP contribution in [0.3, 0.4) is 0 Å². The first-order valence-electron chi connectivity index (χ1n) is 8.81. The van der Waals surface area contributed by atoms with Gasteiger partial charge in [0.1, 0.15) is 6.54 Å². The Balaban J connectivity index is 2.08. The predicted molar refractivity (Wildman–Crippen MR) is 104 cm³/mol. The first-order valence-corrected chi connectivity index (χ1v) is 8.81. The van der Waals surface area contributed by atoms with Crippen LogP contribution in [-0.4, -0.2) is 29.0 Å². The summed E-state index contributed by atoms with van der Waals surface area (Å²) in [5, 5.41) is 0.